The molecular formula is C13H13BrN2O4. The molecule has 0 saturated heterocycles. The summed E-state index contributed by atoms with van der Waals surface area (Å²) in [6, 6.07) is 3.44. The minimum absolute atomic E-state index is 0.0385. The van der Waals surface area contributed by atoms with Crippen molar-refractivity contribution in [1.82, 2.24) is 9.38 Å². The Kier molecular flexibility index (Phi) is 4.39. The Morgan fingerprint density at radius 3 is 2.55 bits per heavy atom. The fourth-order valence-corrected chi connectivity index (χ4v) is 2.08. The van der Waals surface area contributed by atoms with Crippen molar-refractivity contribution in [3.05, 3.63) is 34.2 Å². The summed E-state index contributed by atoms with van der Waals surface area (Å²) in [6.07, 6.45) is 1.64. The minimum Gasteiger partial charge on any atom is -0.461 e. The van der Waals surface area contributed by atoms with Crippen molar-refractivity contribution in [3.63, 3.8) is 0 Å². The lowest BCUT2D eigenvalue weighted by atomic mass is 10.3. The van der Waals surface area contributed by atoms with Crippen molar-refractivity contribution in [1.29, 1.82) is 0 Å². The smallest absolute Gasteiger partial charge is 0.359 e. The van der Waals surface area contributed by atoms with Gasteiger partial charge in [0.25, 0.3) is 0 Å². The number of ether oxygens (including phenoxy) is 2. The molecule has 0 radical (unpaired) electrons. The van der Waals surface area contributed by atoms with Crippen LogP contribution in [0.1, 0.15) is 34.8 Å². The number of carbonyl (C=O) groups is 2. The van der Waals surface area contributed by atoms with E-state index in [-0.39, 0.29) is 24.6 Å². The van der Waals surface area contributed by atoms with Gasteiger partial charge >= 0.3 is 11.9 Å². The summed E-state index contributed by atoms with van der Waals surface area (Å²) in [5.74, 6) is -1.25. The maximum Gasteiger partial charge on any atom is 0.359 e. The molecule has 20 heavy (non-hydrogen) atoms. The third-order valence-corrected chi connectivity index (χ3v) is 3.02. The fourth-order valence-electron chi connectivity index (χ4n) is 1.76. The zero-order valence-corrected chi connectivity index (χ0v) is 12.6. The Balaban J connectivity index is 2.62. The molecular weight excluding hydrogens is 328 g/mol. The Morgan fingerprint density at radius 2 is 1.90 bits per heavy atom. The molecule has 7 heteroatoms. The summed E-state index contributed by atoms with van der Waals surface area (Å²) in [5, 5.41) is 0. The van der Waals surface area contributed by atoms with Crippen LogP contribution in [0, 0.1) is 0 Å². The Bertz CT molecular complexity index is 666. The largest absolute Gasteiger partial charge is 0.461 e. The number of esters is 2. The second kappa shape index (κ2) is 6.04. The van der Waals surface area contributed by atoms with Crippen molar-refractivity contribution in [3.8, 4) is 0 Å². The van der Waals surface area contributed by atoms with Gasteiger partial charge in [-0.25, -0.2) is 14.6 Å². The molecule has 2 aromatic heterocycles. The maximum absolute atomic E-state index is 12.0. The van der Waals surface area contributed by atoms with Gasteiger partial charge in [0.05, 0.1) is 13.2 Å². The van der Waals surface area contributed by atoms with E-state index in [0.29, 0.717) is 5.65 Å². The van der Waals surface area contributed by atoms with E-state index in [0.717, 1.165) is 4.47 Å². The van der Waals surface area contributed by atoms with Crippen molar-refractivity contribution >= 4 is 33.5 Å². The van der Waals surface area contributed by atoms with Gasteiger partial charge in [-0.1, -0.05) is 15.9 Å². The highest BCUT2D eigenvalue weighted by Crippen LogP contribution is 2.19. The maximum atomic E-state index is 12.0. The summed E-state index contributed by atoms with van der Waals surface area (Å²) < 4.78 is 12.2. The Labute approximate surface area is 123 Å². The molecule has 6 nitrogen and oxygen atoms in total. The molecule has 2 heterocycles. The first-order valence-electron chi connectivity index (χ1n) is 6.10. The number of fused-ring (bicyclic) bond motifs is 1. The van der Waals surface area contributed by atoms with E-state index in [2.05, 4.69) is 20.9 Å². The first kappa shape index (κ1) is 14.5. The summed E-state index contributed by atoms with van der Waals surface area (Å²) in [7, 11) is 0. The summed E-state index contributed by atoms with van der Waals surface area (Å²) >= 11 is 3.32. The van der Waals surface area contributed by atoms with Gasteiger partial charge in [0.1, 0.15) is 5.65 Å². The number of carbonyl (C=O) groups excluding carboxylic acids is 2. The van der Waals surface area contributed by atoms with Crippen LogP contribution in [0.3, 0.4) is 0 Å². The molecule has 0 unspecified atom stereocenters. The standard InChI is InChI=1S/C13H13BrN2O4/c1-3-19-12(17)10-11(13(18)20-4-2)16-6-5-8(14)7-9(16)15-10/h5-7H,3-4H2,1-2H3. The quantitative estimate of drug-likeness (QED) is 0.799. The van der Waals surface area contributed by atoms with Crippen LogP contribution in [0.5, 0.6) is 0 Å². The van der Waals surface area contributed by atoms with Crippen molar-refractivity contribution in [2.45, 2.75) is 13.8 Å². The SMILES string of the molecule is CCOC(=O)c1nc2cc(Br)ccn2c1C(=O)OCC. The first-order chi connectivity index (χ1) is 9.58. The Hall–Kier alpha value is -1.89. The number of hydrogen-bond acceptors (Lipinski definition) is 5. The number of aromatic nitrogens is 2. The van der Waals surface area contributed by atoms with E-state index in [1.54, 1.807) is 32.2 Å². The highest BCUT2D eigenvalue weighted by atomic mass is 79.9. The number of hydrogen-bond donors (Lipinski definition) is 0. The molecule has 0 saturated carbocycles. The lowest BCUT2D eigenvalue weighted by Gasteiger charge is -2.04. The lowest BCUT2D eigenvalue weighted by molar-refractivity contribution is 0.0470. The van der Waals surface area contributed by atoms with E-state index in [9.17, 15) is 9.59 Å². The summed E-state index contributed by atoms with van der Waals surface area (Å²) in [5.41, 5.74) is 0.502. The molecule has 0 atom stereocenters. The fraction of sp³-hybridized carbons (Fsp3) is 0.308. The van der Waals surface area contributed by atoms with Gasteiger partial charge in [-0.05, 0) is 26.0 Å². The van der Waals surface area contributed by atoms with Crippen LogP contribution in [0.4, 0.5) is 0 Å². The van der Waals surface area contributed by atoms with Crippen molar-refractivity contribution in [2.75, 3.05) is 13.2 Å². The zero-order valence-electron chi connectivity index (χ0n) is 11.1. The minimum atomic E-state index is -0.643. The number of pyridine rings is 1. The lowest BCUT2D eigenvalue weighted by Crippen LogP contribution is -2.15. The van der Waals surface area contributed by atoms with E-state index in [1.165, 1.54) is 4.40 Å². The van der Waals surface area contributed by atoms with Gasteiger partial charge in [0, 0.05) is 10.7 Å². The third kappa shape index (κ3) is 2.67. The molecule has 0 aliphatic carbocycles. The average molecular weight is 341 g/mol. The van der Waals surface area contributed by atoms with Gasteiger partial charge < -0.3 is 9.47 Å². The van der Waals surface area contributed by atoms with Crippen molar-refractivity contribution < 1.29 is 19.1 Å². The molecule has 106 valence electrons. The average Bonchev–Trinajstić information content (AvgIpc) is 2.77. The predicted molar refractivity (Wildman–Crippen MR) is 74.8 cm³/mol. The molecule has 2 aromatic rings. The van der Waals surface area contributed by atoms with E-state index in [1.807, 2.05) is 0 Å². The first-order valence-corrected chi connectivity index (χ1v) is 6.89. The highest BCUT2D eigenvalue weighted by molar-refractivity contribution is 9.10. The van der Waals surface area contributed by atoms with Gasteiger partial charge in [-0.15, -0.1) is 0 Å². The molecule has 0 fully saturated rings. The molecule has 0 spiro atoms. The van der Waals surface area contributed by atoms with Crippen LogP contribution in [-0.2, 0) is 9.47 Å². The second-order valence-corrected chi connectivity index (χ2v) is 4.74. The van der Waals surface area contributed by atoms with Crippen LogP contribution in [0.15, 0.2) is 22.8 Å². The zero-order chi connectivity index (χ0) is 14.7. The van der Waals surface area contributed by atoms with Gasteiger partial charge in [-0.3, -0.25) is 4.40 Å². The van der Waals surface area contributed by atoms with E-state index in [4.69, 9.17) is 9.47 Å². The number of imidazole rings is 1. The predicted octanol–water partition coefficient (Wildman–Crippen LogP) is 2.45. The van der Waals surface area contributed by atoms with Crippen LogP contribution >= 0.6 is 15.9 Å². The molecule has 2 rings (SSSR count). The summed E-state index contributed by atoms with van der Waals surface area (Å²) in [4.78, 5) is 28.1. The number of halogens is 1. The topological polar surface area (TPSA) is 69.9 Å². The summed E-state index contributed by atoms with van der Waals surface area (Å²) in [6.45, 7) is 3.81. The normalized spacial score (nSPS) is 10.6. The third-order valence-electron chi connectivity index (χ3n) is 2.53. The molecule has 0 aliphatic rings. The molecule has 0 aromatic carbocycles. The van der Waals surface area contributed by atoms with Crippen LogP contribution in [-0.4, -0.2) is 34.5 Å². The molecule has 0 bridgehead atoms. The van der Waals surface area contributed by atoms with Crippen LogP contribution < -0.4 is 0 Å². The van der Waals surface area contributed by atoms with Crippen LogP contribution in [0.2, 0.25) is 0 Å². The monoisotopic (exact) mass is 340 g/mol. The van der Waals surface area contributed by atoms with Gasteiger partial charge in [0.15, 0.2) is 11.4 Å². The molecule has 0 aliphatic heterocycles. The van der Waals surface area contributed by atoms with Gasteiger partial charge in [-0.2, -0.15) is 0 Å². The number of nitrogens with zero attached hydrogens (tertiary/aromatic N) is 2. The second-order valence-electron chi connectivity index (χ2n) is 3.82. The molecule has 0 amide bonds. The van der Waals surface area contributed by atoms with Crippen LogP contribution in [0.25, 0.3) is 5.65 Å². The number of rotatable bonds is 4. The van der Waals surface area contributed by atoms with Crippen molar-refractivity contribution in [2.24, 2.45) is 0 Å². The molecule has 0 N–H and O–H groups in total. The Morgan fingerprint density at radius 1 is 1.25 bits per heavy atom. The highest BCUT2D eigenvalue weighted by Gasteiger charge is 2.26. The van der Waals surface area contributed by atoms with E-state index < -0.39 is 11.9 Å². The van der Waals surface area contributed by atoms with Gasteiger partial charge in [0.2, 0.25) is 0 Å². The van der Waals surface area contributed by atoms with E-state index >= 15 is 0 Å².